The van der Waals surface area contributed by atoms with E-state index in [1.54, 1.807) is 18.4 Å². The van der Waals surface area contributed by atoms with Crippen LogP contribution in [0.4, 0.5) is 16.3 Å². The Bertz CT molecular complexity index is 976. The molecule has 1 atom stereocenters. The molecule has 0 spiro atoms. The third-order valence-corrected chi connectivity index (χ3v) is 6.09. The van der Waals surface area contributed by atoms with Crippen molar-refractivity contribution in [2.45, 2.75) is 58.0 Å². The van der Waals surface area contributed by atoms with Crippen molar-refractivity contribution in [3.63, 3.8) is 0 Å². The van der Waals surface area contributed by atoms with E-state index >= 15 is 0 Å². The Morgan fingerprint density at radius 3 is 2.81 bits per heavy atom. The molecule has 0 aliphatic heterocycles. The Balaban J connectivity index is 1.49. The van der Waals surface area contributed by atoms with Crippen LogP contribution in [0.5, 0.6) is 0 Å². The van der Waals surface area contributed by atoms with Gasteiger partial charge in [0.15, 0.2) is 11.6 Å². The van der Waals surface area contributed by atoms with Crippen LogP contribution in [0.3, 0.4) is 0 Å². The van der Waals surface area contributed by atoms with E-state index in [9.17, 15) is 4.79 Å². The fourth-order valence-electron chi connectivity index (χ4n) is 4.51. The molecule has 2 aromatic heterocycles. The molecule has 7 nitrogen and oxygen atoms in total. The zero-order valence-electron chi connectivity index (χ0n) is 18.0. The summed E-state index contributed by atoms with van der Waals surface area (Å²) in [5.74, 6) is 1.90. The first kappa shape index (κ1) is 21.2. The highest BCUT2D eigenvalue weighted by Gasteiger charge is 2.22. The number of nitrogens with two attached hydrogens (primary N) is 1. The molecule has 3 aromatic rings. The van der Waals surface area contributed by atoms with Crippen LogP contribution in [0.15, 0.2) is 53.1 Å². The van der Waals surface area contributed by atoms with E-state index < -0.39 is 6.03 Å². The number of rotatable bonds is 8. The number of hydrogen-bond donors (Lipinski definition) is 3. The molecule has 164 valence electrons. The second-order valence-corrected chi connectivity index (χ2v) is 8.44. The Morgan fingerprint density at radius 2 is 2.06 bits per heavy atom. The standard InChI is InChI=1S/C24H31N5O2/c1-17(14-18-8-3-2-4-9-18)26-16-19-10-5-6-11-21(19)29(24(25)30)23-15-20(27-28-23)22-12-7-13-31-22/h5-7,10-13,15,17-18,26H,2-4,8-9,14,16H2,1H3,(H2,25,30)(H,27,28)/t17-/m0/s1. The number of amides is 2. The number of urea groups is 1. The zero-order chi connectivity index (χ0) is 21.6. The number of H-pyrrole nitrogens is 1. The molecule has 0 saturated heterocycles. The first-order valence-electron chi connectivity index (χ1n) is 11.1. The molecule has 2 heterocycles. The Hall–Kier alpha value is -3.06. The van der Waals surface area contributed by atoms with E-state index in [2.05, 4.69) is 22.4 Å². The molecule has 1 aliphatic carbocycles. The molecule has 1 aliphatic rings. The fourth-order valence-corrected chi connectivity index (χ4v) is 4.51. The average Bonchev–Trinajstić information content (AvgIpc) is 3.46. The minimum atomic E-state index is -0.583. The van der Waals surface area contributed by atoms with E-state index in [1.165, 1.54) is 43.4 Å². The second-order valence-electron chi connectivity index (χ2n) is 8.44. The largest absolute Gasteiger partial charge is 0.463 e. The van der Waals surface area contributed by atoms with Crippen molar-refractivity contribution in [1.82, 2.24) is 15.5 Å². The number of carbonyl (C=O) groups excluding carboxylic acids is 1. The number of anilines is 2. The number of para-hydroxylation sites is 1. The van der Waals surface area contributed by atoms with E-state index in [0.717, 1.165) is 17.2 Å². The van der Waals surface area contributed by atoms with Crippen LogP contribution < -0.4 is 16.0 Å². The smallest absolute Gasteiger partial charge is 0.325 e. The van der Waals surface area contributed by atoms with Crippen molar-refractivity contribution in [3.8, 4) is 11.5 Å². The van der Waals surface area contributed by atoms with Crippen LogP contribution in [-0.2, 0) is 6.54 Å². The van der Waals surface area contributed by atoms with E-state index in [0.29, 0.717) is 29.9 Å². The maximum Gasteiger partial charge on any atom is 0.325 e. The van der Waals surface area contributed by atoms with Gasteiger partial charge in [0.2, 0.25) is 0 Å². The van der Waals surface area contributed by atoms with Gasteiger partial charge in [-0.05, 0) is 43.0 Å². The third-order valence-electron chi connectivity index (χ3n) is 6.09. The zero-order valence-corrected chi connectivity index (χ0v) is 18.0. The summed E-state index contributed by atoms with van der Waals surface area (Å²) in [6, 6.07) is 13.0. The molecule has 1 aromatic carbocycles. The fraction of sp³-hybridized carbons (Fsp3) is 0.417. The SMILES string of the molecule is C[C@@H](CC1CCCCC1)NCc1ccccc1N(C(N)=O)c1cc(-c2ccco2)[nH]n1. The monoisotopic (exact) mass is 421 g/mol. The topological polar surface area (TPSA) is 100 Å². The van der Waals surface area contributed by atoms with Gasteiger partial charge in [0.1, 0.15) is 5.69 Å². The summed E-state index contributed by atoms with van der Waals surface area (Å²) >= 11 is 0. The molecule has 0 bridgehead atoms. The minimum Gasteiger partial charge on any atom is -0.463 e. The van der Waals surface area contributed by atoms with Crippen molar-refractivity contribution in [3.05, 3.63) is 54.3 Å². The molecule has 0 unspecified atom stereocenters. The number of hydrogen-bond acceptors (Lipinski definition) is 4. The first-order chi connectivity index (χ1) is 15.1. The quantitative estimate of drug-likeness (QED) is 0.457. The van der Waals surface area contributed by atoms with Crippen LogP contribution in [0.25, 0.3) is 11.5 Å². The number of nitrogens with one attached hydrogen (secondary N) is 2. The molecule has 7 heteroatoms. The summed E-state index contributed by atoms with van der Waals surface area (Å²) < 4.78 is 5.41. The lowest BCUT2D eigenvalue weighted by Gasteiger charge is -2.26. The highest BCUT2D eigenvalue weighted by atomic mass is 16.3. The van der Waals surface area contributed by atoms with Crippen LogP contribution in [0.2, 0.25) is 0 Å². The molecule has 4 N–H and O–H groups in total. The predicted molar refractivity (Wildman–Crippen MR) is 122 cm³/mol. The molecule has 31 heavy (non-hydrogen) atoms. The van der Waals surface area contributed by atoms with Gasteiger partial charge < -0.3 is 15.5 Å². The highest BCUT2D eigenvalue weighted by Crippen LogP contribution is 2.31. The lowest BCUT2D eigenvalue weighted by atomic mass is 9.85. The van der Waals surface area contributed by atoms with Crippen molar-refractivity contribution >= 4 is 17.5 Å². The van der Waals surface area contributed by atoms with Gasteiger partial charge in [0.05, 0.1) is 12.0 Å². The maximum atomic E-state index is 12.4. The van der Waals surface area contributed by atoms with Crippen molar-refractivity contribution in [1.29, 1.82) is 0 Å². The number of aromatic nitrogens is 2. The van der Waals surface area contributed by atoms with Crippen molar-refractivity contribution in [2.75, 3.05) is 4.90 Å². The second kappa shape index (κ2) is 9.83. The number of aromatic amines is 1. The maximum absolute atomic E-state index is 12.4. The summed E-state index contributed by atoms with van der Waals surface area (Å²) in [4.78, 5) is 13.8. The summed E-state index contributed by atoms with van der Waals surface area (Å²) in [7, 11) is 0. The summed E-state index contributed by atoms with van der Waals surface area (Å²) in [5, 5.41) is 10.9. The molecule has 0 radical (unpaired) electrons. The molecule has 1 saturated carbocycles. The third kappa shape index (κ3) is 5.17. The summed E-state index contributed by atoms with van der Waals surface area (Å²) in [5.41, 5.74) is 8.18. The van der Waals surface area contributed by atoms with Gasteiger partial charge in [-0.1, -0.05) is 50.3 Å². The van der Waals surface area contributed by atoms with Crippen LogP contribution >= 0.6 is 0 Å². The van der Waals surface area contributed by atoms with Crippen LogP contribution in [0.1, 0.15) is 51.0 Å². The Labute approximate surface area is 183 Å². The molecule has 1 fully saturated rings. The number of primary amides is 1. The van der Waals surface area contributed by atoms with E-state index in [-0.39, 0.29) is 0 Å². The van der Waals surface area contributed by atoms with Crippen molar-refractivity contribution in [2.24, 2.45) is 11.7 Å². The Morgan fingerprint density at radius 1 is 1.26 bits per heavy atom. The minimum absolute atomic E-state index is 0.411. The molecular weight excluding hydrogens is 390 g/mol. The number of nitrogens with zero attached hydrogens (tertiary/aromatic N) is 2. The van der Waals surface area contributed by atoms with Gasteiger partial charge >= 0.3 is 6.03 Å². The first-order valence-corrected chi connectivity index (χ1v) is 11.1. The number of carbonyl (C=O) groups is 1. The van der Waals surface area contributed by atoms with Gasteiger partial charge in [-0.25, -0.2) is 9.69 Å². The highest BCUT2D eigenvalue weighted by molar-refractivity contribution is 5.98. The molecular formula is C24H31N5O2. The van der Waals surface area contributed by atoms with E-state index in [4.69, 9.17) is 10.2 Å². The predicted octanol–water partition coefficient (Wildman–Crippen LogP) is 5.34. The van der Waals surface area contributed by atoms with Gasteiger partial charge in [0, 0.05) is 18.7 Å². The Kier molecular flexibility index (Phi) is 6.72. The van der Waals surface area contributed by atoms with Crippen LogP contribution in [-0.4, -0.2) is 22.3 Å². The van der Waals surface area contributed by atoms with Gasteiger partial charge in [-0.2, -0.15) is 5.10 Å². The lowest BCUT2D eigenvalue weighted by molar-refractivity contribution is 0.256. The van der Waals surface area contributed by atoms with E-state index in [1.807, 2.05) is 30.3 Å². The number of furan rings is 1. The number of benzene rings is 1. The van der Waals surface area contributed by atoms with Crippen molar-refractivity contribution < 1.29 is 9.21 Å². The molecule has 4 rings (SSSR count). The van der Waals surface area contributed by atoms with Gasteiger partial charge in [0.25, 0.3) is 0 Å². The lowest BCUT2D eigenvalue weighted by Crippen LogP contribution is -2.34. The summed E-state index contributed by atoms with van der Waals surface area (Å²) in [6.45, 7) is 2.90. The van der Waals surface area contributed by atoms with Crippen LogP contribution in [0, 0.1) is 5.92 Å². The summed E-state index contributed by atoms with van der Waals surface area (Å²) in [6.07, 6.45) is 9.56. The van der Waals surface area contributed by atoms with Gasteiger partial charge in [-0.15, -0.1) is 0 Å². The van der Waals surface area contributed by atoms with Gasteiger partial charge in [-0.3, -0.25) is 5.10 Å². The average molecular weight is 422 g/mol. The molecule has 2 amide bonds. The normalized spacial score (nSPS) is 15.6.